The summed E-state index contributed by atoms with van der Waals surface area (Å²) in [5.74, 6) is 1.14. The van der Waals surface area contributed by atoms with Crippen LogP contribution in [-0.2, 0) is 9.84 Å². The molecule has 0 bridgehead atoms. The highest BCUT2D eigenvalue weighted by molar-refractivity contribution is 7.91. The van der Waals surface area contributed by atoms with Gasteiger partial charge in [-0.05, 0) is 19.9 Å². The summed E-state index contributed by atoms with van der Waals surface area (Å²) in [5, 5.41) is 10.1. The zero-order valence-corrected chi connectivity index (χ0v) is 12.9. The van der Waals surface area contributed by atoms with E-state index in [1.165, 1.54) is 0 Å². The van der Waals surface area contributed by atoms with Crippen LogP contribution in [-0.4, -0.2) is 49.6 Å². The predicted molar refractivity (Wildman–Crippen MR) is 77.9 cm³/mol. The Kier molecular flexibility index (Phi) is 4.25. The molecule has 1 aromatic carbocycles. The van der Waals surface area contributed by atoms with Gasteiger partial charge in [0.15, 0.2) is 9.84 Å². The maximum atomic E-state index is 11.6. The fraction of sp³-hybridized carbons (Fsp3) is 0.571. The highest BCUT2D eigenvalue weighted by Gasteiger charge is 2.32. The van der Waals surface area contributed by atoms with E-state index in [9.17, 15) is 13.5 Å². The quantitative estimate of drug-likeness (QED) is 0.918. The van der Waals surface area contributed by atoms with Crippen molar-refractivity contribution in [3.8, 4) is 11.5 Å². The van der Waals surface area contributed by atoms with E-state index < -0.39 is 9.84 Å². The standard InChI is InChI=1S/C14H21NO4S/c1-10-9-20(17,18)7-6-15(10)11(2)13-5-4-12(19-3)8-14(13)16/h4-5,8,10-11,16H,6-7,9H2,1-3H3. The van der Waals surface area contributed by atoms with E-state index in [-0.39, 0.29) is 29.3 Å². The van der Waals surface area contributed by atoms with Gasteiger partial charge in [-0.2, -0.15) is 0 Å². The number of methoxy groups -OCH3 is 1. The summed E-state index contributed by atoms with van der Waals surface area (Å²) < 4.78 is 28.3. The first kappa shape index (κ1) is 15.1. The van der Waals surface area contributed by atoms with E-state index in [0.29, 0.717) is 12.3 Å². The van der Waals surface area contributed by atoms with E-state index in [2.05, 4.69) is 4.90 Å². The lowest BCUT2D eigenvalue weighted by Gasteiger charge is -2.38. The Morgan fingerprint density at radius 3 is 2.70 bits per heavy atom. The Bertz CT molecular complexity index is 585. The van der Waals surface area contributed by atoms with Gasteiger partial charge in [0.05, 0.1) is 18.6 Å². The van der Waals surface area contributed by atoms with Crippen LogP contribution in [0.2, 0.25) is 0 Å². The molecule has 0 amide bonds. The number of hydrogen-bond acceptors (Lipinski definition) is 5. The van der Waals surface area contributed by atoms with Crippen molar-refractivity contribution in [2.45, 2.75) is 25.9 Å². The zero-order valence-electron chi connectivity index (χ0n) is 12.0. The highest BCUT2D eigenvalue weighted by atomic mass is 32.2. The smallest absolute Gasteiger partial charge is 0.153 e. The third-order valence-corrected chi connectivity index (χ3v) is 5.70. The molecule has 1 heterocycles. The summed E-state index contributed by atoms with van der Waals surface area (Å²) in [4.78, 5) is 2.11. The van der Waals surface area contributed by atoms with E-state index in [4.69, 9.17) is 4.74 Å². The monoisotopic (exact) mass is 299 g/mol. The number of ether oxygens (including phenoxy) is 1. The van der Waals surface area contributed by atoms with Gasteiger partial charge in [-0.15, -0.1) is 0 Å². The fourth-order valence-electron chi connectivity index (χ4n) is 2.77. The van der Waals surface area contributed by atoms with Gasteiger partial charge in [-0.25, -0.2) is 8.42 Å². The first-order chi connectivity index (χ1) is 9.34. The van der Waals surface area contributed by atoms with E-state index in [1.54, 1.807) is 19.2 Å². The van der Waals surface area contributed by atoms with Crippen molar-refractivity contribution in [1.29, 1.82) is 0 Å². The molecule has 1 N–H and O–H groups in total. The number of aromatic hydroxyl groups is 1. The van der Waals surface area contributed by atoms with Crippen molar-refractivity contribution >= 4 is 9.84 Å². The summed E-state index contributed by atoms with van der Waals surface area (Å²) in [6, 6.07) is 5.12. The summed E-state index contributed by atoms with van der Waals surface area (Å²) in [6.07, 6.45) is 0. The second-order valence-electron chi connectivity index (χ2n) is 5.30. The van der Waals surface area contributed by atoms with E-state index in [0.717, 1.165) is 5.56 Å². The van der Waals surface area contributed by atoms with Crippen molar-refractivity contribution in [2.75, 3.05) is 25.2 Å². The molecule has 2 unspecified atom stereocenters. The molecule has 5 nitrogen and oxygen atoms in total. The molecule has 20 heavy (non-hydrogen) atoms. The molecule has 0 aliphatic carbocycles. The molecule has 2 atom stereocenters. The summed E-state index contributed by atoms with van der Waals surface area (Å²) in [7, 11) is -1.37. The number of nitrogens with zero attached hydrogens (tertiary/aromatic N) is 1. The third kappa shape index (κ3) is 3.07. The van der Waals surface area contributed by atoms with Crippen LogP contribution in [0.25, 0.3) is 0 Å². The zero-order chi connectivity index (χ0) is 14.9. The summed E-state index contributed by atoms with van der Waals surface area (Å²) in [6.45, 7) is 4.39. The highest BCUT2D eigenvalue weighted by Crippen LogP contribution is 2.33. The van der Waals surface area contributed by atoms with Crippen molar-refractivity contribution in [3.63, 3.8) is 0 Å². The van der Waals surface area contributed by atoms with E-state index in [1.807, 2.05) is 19.9 Å². The Balaban J connectivity index is 2.21. The van der Waals surface area contributed by atoms with Crippen molar-refractivity contribution in [3.05, 3.63) is 23.8 Å². The van der Waals surface area contributed by atoms with Crippen LogP contribution in [0.15, 0.2) is 18.2 Å². The Labute approximate surface area is 120 Å². The molecule has 0 spiro atoms. The van der Waals surface area contributed by atoms with Crippen LogP contribution in [0, 0.1) is 0 Å². The van der Waals surface area contributed by atoms with Crippen LogP contribution in [0.5, 0.6) is 11.5 Å². The van der Waals surface area contributed by atoms with Gasteiger partial charge < -0.3 is 9.84 Å². The van der Waals surface area contributed by atoms with Gasteiger partial charge in [0.1, 0.15) is 11.5 Å². The van der Waals surface area contributed by atoms with Gasteiger partial charge >= 0.3 is 0 Å². The van der Waals surface area contributed by atoms with Gasteiger partial charge in [-0.1, -0.05) is 6.07 Å². The SMILES string of the molecule is COc1ccc(C(C)N2CCS(=O)(=O)CC2C)c(O)c1. The lowest BCUT2D eigenvalue weighted by molar-refractivity contribution is 0.167. The molecule has 0 saturated carbocycles. The first-order valence-electron chi connectivity index (χ1n) is 6.67. The minimum Gasteiger partial charge on any atom is -0.507 e. The van der Waals surface area contributed by atoms with Gasteiger partial charge in [0.25, 0.3) is 0 Å². The predicted octanol–water partition coefficient (Wildman–Crippen LogP) is 1.58. The minimum absolute atomic E-state index is 0.0357. The Hall–Kier alpha value is -1.27. The van der Waals surface area contributed by atoms with E-state index >= 15 is 0 Å². The molecular formula is C14H21NO4S. The summed E-state index contributed by atoms with van der Waals surface area (Å²) >= 11 is 0. The Morgan fingerprint density at radius 1 is 1.45 bits per heavy atom. The fourth-order valence-corrected chi connectivity index (χ4v) is 4.35. The van der Waals surface area contributed by atoms with Crippen LogP contribution in [0.1, 0.15) is 25.5 Å². The molecular weight excluding hydrogens is 278 g/mol. The summed E-state index contributed by atoms with van der Waals surface area (Å²) in [5.41, 5.74) is 0.789. The van der Waals surface area contributed by atoms with Crippen molar-refractivity contribution in [2.24, 2.45) is 0 Å². The molecule has 1 aromatic rings. The van der Waals surface area contributed by atoms with Crippen molar-refractivity contribution < 1.29 is 18.3 Å². The Morgan fingerprint density at radius 2 is 2.15 bits per heavy atom. The molecule has 0 radical (unpaired) electrons. The number of rotatable bonds is 3. The second kappa shape index (κ2) is 5.61. The topological polar surface area (TPSA) is 66.8 Å². The van der Waals surface area contributed by atoms with Crippen LogP contribution in [0.3, 0.4) is 0 Å². The maximum absolute atomic E-state index is 11.6. The van der Waals surface area contributed by atoms with Crippen LogP contribution < -0.4 is 4.74 Å². The normalized spacial score (nSPS) is 24.2. The van der Waals surface area contributed by atoms with Crippen LogP contribution >= 0.6 is 0 Å². The average molecular weight is 299 g/mol. The lowest BCUT2D eigenvalue weighted by Crippen LogP contribution is -2.47. The molecule has 0 aromatic heterocycles. The molecule has 112 valence electrons. The third-order valence-electron chi connectivity index (χ3n) is 3.91. The number of phenols is 1. The largest absolute Gasteiger partial charge is 0.507 e. The number of hydrogen-bond donors (Lipinski definition) is 1. The lowest BCUT2D eigenvalue weighted by atomic mass is 10.0. The van der Waals surface area contributed by atoms with Gasteiger partial charge in [-0.3, -0.25) is 4.90 Å². The average Bonchev–Trinajstić information content (AvgIpc) is 2.36. The molecule has 1 aliphatic rings. The maximum Gasteiger partial charge on any atom is 0.153 e. The van der Waals surface area contributed by atoms with Gasteiger partial charge in [0.2, 0.25) is 0 Å². The van der Waals surface area contributed by atoms with Crippen LogP contribution in [0.4, 0.5) is 0 Å². The molecule has 2 rings (SSSR count). The molecule has 6 heteroatoms. The number of phenolic OH excluding ortho intramolecular Hbond substituents is 1. The van der Waals surface area contributed by atoms with Gasteiger partial charge in [0, 0.05) is 30.3 Å². The molecule has 1 saturated heterocycles. The van der Waals surface area contributed by atoms with Crippen molar-refractivity contribution in [1.82, 2.24) is 4.90 Å². The number of sulfone groups is 1. The molecule has 1 fully saturated rings. The minimum atomic E-state index is -2.93. The second-order valence-corrected chi connectivity index (χ2v) is 7.53. The first-order valence-corrected chi connectivity index (χ1v) is 8.49. The number of benzene rings is 1. The molecule has 1 aliphatic heterocycles.